The standard InChI is InChI=1S/C17H21FN6O/c18-13-3-5-14(6-4-13)22-17(25)20-8-7-19-16-11-15(12-21-23-16)24-9-1-2-10-24/h3-6,11-12H,1-2,7-10H2,(H,19,23)(H2,20,22,25). The molecule has 0 unspecified atom stereocenters. The number of nitrogens with one attached hydrogen (secondary N) is 3. The summed E-state index contributed by atoms with van der Waals surface area (Å²) in [4.78, 5) is 14.0. The van der Waals surface area contributed by atoms with Crippen molar-refractivity contribution in [2.24, 2.45) is 0 Å². The molecule has 3 N–H and O–H groups in total. The maximum Gasteiger partial charge on any atom is 0.319 e. The molecular formula is C17H21FN6O. The molecule has 0 spiro atoms. The van der Waals surface area contributed by atoms with Gasteiger partial charge >= 0.3 is 6.03 Å². The van der Waals surface area contributed by atoms with Crippen LogP contribution in [0.5, 0.6) is 0 Å². The third-order valence-corrected chi connectivity index (χ3v) is 3.93. The van der Waals surface area contributed by atoms with Gasteiger partial charge in [-0.1, -0.05) is 0 Å². The van der Waals surface area contributed by atoms with Crippen LogP contribution in [0.15, 0.2) is 36.5 Å². The summed E-state index contributed by atoms with van der Waals surface area (Å²) in [5.74, 6) is 0.345. The molecule has 2 heterocycles. The molecule has 0 atom stereocenters. The van der Waals surface area contributed by atoms with Gasteiger partial charge in [0, 0.05) is 37.9 Å². The van der Waals surface area contributed by atoms with Crippen molar-refractivity contribution < 1.29 is 9.18 Å². The lowest BCUT2D eigenvalue weighted by Gasteiger charge is -2.17. The topological polar surface area (TPSA) is 82.2 Å². The van der Waals surface area contributed by atoms with Crippen LogP contribution in [0.2, 0.25) is 0 Å². The number of hydrogen-bond acceptors (Lipinski definition) is 5. The van der Waals surface area contributed by atoms with E-state index in [0.29, 0.717) is 24.6 Å². The summed E-state index contributed by atoms with van der Waals surface area (Å²) in [5.41, 5.74) is 1.60. The van der Waals surface area contributed by atoms with Gasteiger partial charge in [0.25, 0.3) is 0 Å². The number of rotatable bonds is 6. The molecule has 132 valence electrons. The van der Waals surface area contributed by atoms with E-state index in [-0.39, 0.29) is 11.8 Å². The molecule has 7 nitrogen and oxygen atoms in total. The fraction of sp³-hybridized carbons (Fsp3) is 0.353. The predicted octanol–water partition coefficient (Wildman–Crippen LogP) is 2.45. The molecule has 1 saturated heterocycles. The zero-order valence-electron chi connectivity index (χ0n) is 13.8. The van der Waals surface area contributed by atoms with Gasteiger partial charge in [0.2, 0.25) is 0 Å². The highest BCUT2D eigenvalue weighted by Crippen LogP contribution is 2.20. The quantitative estimate of drug-likeness (QED) is 0.701. The molecule has 8 heteroatoms. The van der Waals surface area contributed by atoms with E-state index in [0.717, 1.165) is 18.8 Å². The first-order valence-corrected chi connectivity index (χ1v) is 8.33. The van der Waals surface area contributed by atoms with Crippen molar-refractivity contribution in [1.82, 2.24) is 15.5 Å². The number of nitrogens with zero attached hydrogens (tertiary/aromatic N) is 3. The number of amides is 2. The molecule has 2 amide bonds. The Morgan fingerprint density at radius 3 is 2.68 bits per heavy atom. The highest BCUT2D eigenvalue weighted by molar-refractivity contribution is 5.89. The minimum atomic E-state index is -0.342. The van der Waals surface area contributed by atoms with Gasteiger partial charge in [-0.2, -0.15) is 5.10 Å². The average molecular weight is 344 g/mol. The van der Waals surface area contributed by atoms with Crippen molar-refractivity contribution in [2.75, 3.05) is 41.7 Å². The SMILES string of the molecule is O=C(NCCNc1cc(N2CCCC2)cnn1)Nc1ccc(F)cc1. The van der Waals surface area contributed by atoms with Gasteiger partial charge in [-0.15, -0.1) is 5.10 Å². The van der Waals surface area contributed by atoms with E-state index in [1.165, 1.54) is 37.1 Å². The first-order chi connectivity index (χ1) is 12.2. The maximum absolute atomic E-state index is 12.8. The normalized spacial score (nSPS) is 13.6. The fourth-order valence-corrected chi connectivity index (χ4v) is 2.67. The minimum Gasteiger partial charge on any atom is -0.370 e. The van der Waals surface area contributed by atoms with Crippen molar-refractivity contribution in [3.63, 3.8) is 0 Å². The third kappa shape index (κ3) is 5.03. The number of halogens is 1. The van der Waals surface area contributed by atoms with Crippen LogP contribution in [0.25, 0.3) is 0 Å². The summed E-state index contributed by atoms with van der Waals surface area (Å²) >= 11 is 0. The van der Waals surface area contributed by atoms with Crippen LogP contribution in [0.3, 0.4) is 0 Å². The Bertz CT molecular complexity index is 703. The number of hydrogen-bond donors (Lipinski definition) is 3. The van der Waals surface area contributed by atoms with E-state index in [1.54, 1.807) is 6.20 Å². The predicted molar refractivity (Wildman–Crippen MR) is 95.4 cm³/mol. The Morgan fingerprint density at radius 2 is 1.92 bits per heavy atom. The second-order valence-corrected chi connectivity index (χ2v) is 5.81. The van der Waals surface area contributed by atoms with Crippen LogP contribution in [-0.4, -0.2) is 42.4 Å². The molecule has 3 rings (SSSR count). The van der Waals surface area contributed by atoms with Crippen molar-refractivity contribution in [1.29, 1.82) is 0 Å². The van der Waals surface area contributed by atoms with Crippen LogP contribution in [0.4, 0.5) is 26.4 Å². The van der Waals surface area contributed by atoms with Gasteiger partial charge in [0.15, 0.2) is 5.82 Å². The zero-order chi connectivity index (χ0) is 17.5. The average Bonchev–Trinajstić information content (AvgIpc) is 3.16. The molecule has 1 aromatic heterocycles. The second-order valence-electron chi connectivity index (χ2n) is 5.81. The van der Waals surface area contributed by atoms with Gasteiger partial charge < -0.3 is 20.9 Å². The highest BCUT2D eigenvalue weighted by atomic mass is 19.1. The Morgan fingerprint density at radius 1 is 1.16 bits per heavy atom. The molecule has 1 aliphatic rings. The molecule has 0 radical (unpaired) electrons. The lowest BCUT2D eigenvalue weighted by Crippen LogP contribution is -2.32. The molecule has 25 heavy (non-hydrogen) atoms. The summed E-state index contributed by atoms with van der Waals surface area (Å²) in [6, 6.07) is 7.23. The van der Waals surface area contributed by atoms with Crippen molar-refractivity contribution in [3.05, 3.63) is 42.3 Å². The Hall–Kier alpha value is -2.90. The van der Waals surface area contributed by atoms with Crippen LogP contribution in [0, 0.1) is 5.82 Å². The van der Waals surface area contributed by atoms with Crippen molar-refractivity contribution in [3.8, 4) is 0 Å². The number of anilines is 3. The van der Waals surface area contributed by atoms with Crippen molar-refractivity contribution >= 4 is 23.2 Å². The van der Waals surface area contributed by atoms with Crippen LogP contribution < -0.4 is 20.9 Å². The Kier molecular flexibility index (Phi) is 5.61. The smallest absolute Gasteiger partial charge is 0.319 e. The molecular weight excluding hydrogens is 323 g/mol. The molecule has 1 aromatic carbocycles. The highest BCUT2D eigenvalue weighted by Gasteiger charge is 2.13. The van der Waals surface area contributed by atoms with Gasteiger partial charge in [-0.05, 0) is 37.1 Å². The van der Waals surface area contributed by atoms with Crippen LogP contribution >= 0.6 is 0 Å². The van der Waals surface area contributed by atoms with Gasteiger partial charge in [-0.25, -0.2) is 9.18 Å². The summed E-state index contributed by atoms with van der Waals surface area (Å²) in [7, 11) is 0. The van der Waals surface area contributed by atoms with E-state index < -0.39 is 0 Å². The van der Waals surface area contributed by atoms with Gasteiger partial charge in [-0.3, -0.25) is 0 Å². The van der Waals surface area contributed by atoms with Crippen LogP contribution in [-0.2, 0) is 0 Å². The minimum absolute atomic E-state index is 0.340. The molecule has 1 fully saturated rings. The van der Waals surface area contributed by atoms with E-state index in [4.69, 9.17) is 0 Å². The molecule has 0 bridgehead atoms. The monoisotopic (exact) mass is 344 g/mol. The number of benzene rings is 1. The third-order valence-electron chi connectivity index (χ3n) is 3.93. The van der Waals surface area contributed by atoms with E-state index >= 15 is 0 Å². The van der Waals surface area contributed by atoms with E-state index in [9.17, 15) is 9.18 Å². The summed E-state index contributed by atoms with van der Waals surface area (Å²) in [6.07, 6.45) is 4.18. The number of carbonyl (C=O) groups is 1. The first-order valence-electron chi connectivity index (χ1n) is 8.33. The molecule has 1 aliphatic heterocycles. The maximum atomic E-state index is 12.8. The second kappa shape index (κ2) is 8.27. The van der Waals surface area contributed by atoms with Gasteiger partial charge in [0.05, 0.1) is 11.9 Å². The van der Waals surface area contributed by atoms with Gasteiger partial charge in [0.1, 0.15) is 5.82 Å². The lowest BCUT2D eigenvalue weighted by molar-refractivity contribution is 0.252. The van der Waals surface area contributed by atoms with Crippen LogP contribution in [0.1, 0.15) is 12.8 Å². The summed E-state index contributed by atoms with van der Waals surface area (Å²) in [6.45, 7) is 3.05. The Labute approximate surface area is 145 Å². The lowest BCUT2D eigenvalue weighted by atomic mass is 10.3. The van der Waals surface area contributed by atoms with E-state index in [2.05, 4.69) is 31.0 Å². The molecule has 0 aliphatic carbocycles. The fourth-order valence-electron chi connectivity index (χ4n) is 2.67. The first kappa shape index (κ1) is 16.9. The molecule has 2 aromatic rings. The largest absolute Gasteiger partial charge is 0.370 e. The van der Waals surface area contributed by atoms with Crippen molar-refractivity contribution in [2.45, 2.75) is 12.8 Å². The number of aromatic nitrogens is 2. The summed E-state index contributed by atoms with van der Waals surface area (Å²) < 4.78 is 12.8. The number of urea groups is 1. The summed E-state index contributed by atoms with van der Waals surface area (Å²) in [5, 5.41) is 16.6. The number of carbonyl (C=O) groups excluding carboxylic acids is 1. The Balaban J connectivity index is 1.40. The zero-order valence-corrected chi connectivity index (χ0v) is 13.8. The van der Waals surface area contributed by atoms with E-state index in [1.807, 2.05) is 6.07 Å². The molecule has 0 saturated carbocycles.